The molecule has 0 atom stereocenters. The number of amidine groups is 1. The van der Waals surface area contributed by atoms with Gasteiger partial charge in [-0.15, -0.1) is 0 Å². The molecule has 0 aliphatic carbocycles. The molecule has 2 rings (SSSR count). The molecule has 80 valence electrons. The number of nitrogens with two attached hydrogens (primary N) is 1. The van der Waals surface area contributed by atoms with E-state index in [1.165, 1.54) is 4.90 Å². The molecule has 0 aliphatic heterocycles. The van der Waals surface area contributed by atoms with E-state index >= 15 is 0 Å². The van der Waals surface area contributed by atoms with E-state index in [0.29, 0.717) is 5.69 Å². The van der Waals surface area contributed by atoms with E-state index in [0.717, 1.165) is 4.90 Å². The Balaban J connectivity index is 2.14. The Morgan fingerprint density at radius 2 is 1.81 bits per heavy atom. The number of benzene rings is 1. The lowest BCUT2D eigenvalue weighted by molar-refractivity contribution is 1.19. The molecule has 3 N–H and O–H groups in total. The molecule has 1 heterocycles. The third kappa shape index (κ3) is 2.61. The van der Waals surface area contributed by atoms with Gasteiger partial charge in [0.1, 0.15) is 11.5 Å². The highest BCUT2D eigenvalue weighted by Crippen LogP contribution is 2.26. The third-order valence-corrected chi connectivity index (χ3v) is 2.98. The van der Waals surface area contributed by atoms with Gasteiger partial charge in [0.2, 0.25) is 0 Å². The number of pyridine rings is 1. The quantitative estimate of drug-likeness (QED) is 0.628. The van der Waals surface area contributed by atoms with E-state index in [2.05, 4.69) is 4.98 Å². The molecule has 0 amide bonds. The zero-order valence-corrected chi connectivity index (χ0v) is 9.37. The molecule has 4 heteroatoms. The van der Waals surface area contributed by atoms with Crippen LogP contribution in [-0.2, 0) is 0 Å². The summed E-state index contributed by atoms with van der Waals surface area (Å²) in [7, 11) is 0. The number of nitrogen functional groups attached to an aromatic ring is 1. The van der Waals surface area contributed by atoms with Gasteiger partial charge >= 0.3 is 0 Å². The van der Waals surface area contributed by atoms with Crippen molar-refractivity contribution in [3.05, 3.63) is 54.4 Å². The van der Waals surface area contributed by atoms with Gasteiger partial charge in [-0.25, -0.2) is 0 Å². The van der Waals surface area contributed by atoms with Crippen LogP contribution in [0.15, 0.2) is 58.5 Å². The van der Waals surface area contributed by atoms with Crippen molar-refractivity contribution in [2.24, 2.45) is 5.73 Å². The van der Waals surface area contributed by atoms with E-state index in [9.17, 15) is 0 Å². The number of nitrogens with one attached hydrogen (secondary N) is 1. The molecule has 1 aromatic carbocycles. The number of hydrogen-bond donors (Lipinski definition) is 2. The van der Waals surface area contributed by atoms with Gasteiger partial charge in [0.15, 0.2) is 0 Å². The Morgan fingerprint density at radius 3 is 2.38 bits per heavy atom. The molecule has 1 aromatic heterocycles. The number of rotatable bonds is 3. The molecule has 0 unspecified atom stereocenters. The first-order valence-corrected chi connectivity index (χ1v) is 5.61. The van der Waals surface area contributed by atoms with Crippen molar-refractivity contribution >= 4 is 17.6 Å². The van der Waals surface area contributed by atoms with Gasteiger partial charge < -0.3 is 5.73 Å². The van der Waals surface area contributed by atoms with Crippen molar-refractivity contribution < 1.29 is 0 Å². The largest absolute Gasteiger partial charge is 0.382 e. The summed E-state index contributed by atoms with van der Waals surface area (Å²) < 4.78 is 0. The van der Waals surface area contributed by atoms with Gasteiger partial charge in [-0.05, 0) is 24.3 Å². The van der Waals surface area contributed by atoms with Gasteiger partial charge in [-0.3, -0.25) is 10.4 Å². The molecular formula is C12H11N3S. The summed E-state index contributed by atoms with van der Waals surface area (Å²) >= 11 is 1.63. The Kier molecular flexibility index (Phi) is 3.22. The first kappa shape index (κ1) is 10.7. The summed E-state index contributed by atoms with van der Waals surface area (Å²) in [5, 5.41) is 7.24. The fraction of sp³-hybridized carbons (Fsp3) is 0. The van der Waals surface area contributed by atoms with Crippen LogP contribution in [0.2, 0.25) is 0 Å². The zero-order chi connectivity index (χ0) is 11.4. The summed E-state index contributed by atoms with van der Waals surface area (Å²) in [6, 6.07) is 13.8. The first-order valence-electron chi connectivity index (χ1n) is 4.79. The van der Waals surface area contributed by atoms with Crippen molar-refractivity contribution in [1.82, 2.24) is 4.98 Å². The molecule has 3 nitrogen and oxygen atoms in total. The minimum absolute atomic E-state index is 0.00346. The van der Waals surface area contributed by atoms with Crippen LogP contribution in [0, 0.1) is 5.41 Å². The van der Waals surface area contributed by atoms with Crippen LogP contribution < -0.4 is 5.73 Å². The lowest BCUT2D eigenvalue weighted by atomic mass is 10.3. The van der Waals surface area contributed by atoms with Crippen LogP contribution in [-0.4, -0.2) is 10.8 Å². The molecule has 0 aliphatic rings. The van der Waals surface area contributed by atoms with E-state index < -0.39 is 0 Å². The molecule has 2 aromatic rings. The van der Waals surface area contributed by atoms with Crippen LogP contribution in [0.3, 0.4) is 0 Å². The third-order valence-electron chi connectivity index (χ3n) is 1.99. The molecule has 0 bridgehead atoms. The monoisotopic (exact) mass is 229 g/mol. The van der Waals surface area contributed by atoms with Crippen molar-refractivity contribution in [1.29, 1.82) is 5.41 Å². The summed E-state index contributed by atoms with van der Waals surface area (Å²) in [6.07, 6.45) is 1.73. The van der Waals surface area contributed by atoms with E-state index in [-0.39, 0.29) is 5.84 Å². The lowest BCUT2D eigenvalue weighted by Crippen LogP contribution is -2.12. The highest BCUT2D eigenvalue weighted by molar-refractivity contribution is 7.99. The maximum Gasteiger partial charge on any atom is 0.141 e. The van der Waals surface area contributed by atoms with Crippen LogP contribution in [0.4, 0.5) is 0 Å². The minimum Gasteiger partial charge on any atom is -0.382 e. The Hall–Kier alpha value is -1.81. The number of aromatic nitrogens is 1. The van der Waals surface area contributed by atoms with Crippen molar-refractivity contribution in [2.45, 2.75) is 9.79 Å². The smallest absolute Gasteiger partial charge is 0.141 e. The van der Waals surface area contributed by atoms with Gasteiger partial charge in [-0.1, -0.05) is 30.0 Å². The second kappa shape index (κ2) is 4.81. The van der Waals surface area contributed by atoms with E-state index in [4.69, 9.17) is 11.1 Å². The minimum atomic E-state index is -0.00346. The second-order valence-corrected chi connectivity index (χ2v) is 4.35. The van der Waals surface area contributed by atoms with E-state index in [1.54, 1.807) is 24.0 Å². The highest BCUT2D eigenvalue weighted by Gasteiger charge is 2.00. The molecule has 0 saturated carbocycles. The van der Waals surface area contributed by atoms with Crippen molar-refractivity contribution in [3.8, 4) is 0 Å². The van der Waals surface area contributed by atoms with Crippen LogP contribution in [0.25, 0.3) is 0 Å². The van der Waals surface area contributed by atoms with Gasteiger partial charge in [0.05, 0.1) is 0 Å². The standard InChI is InChI=1S/C12H11N3S/c13-12(14)11-7-6-10(8-15-11)16-9-4-2-1-3-5-9/h1-8H,(H3,13,14). The molecule has 0 radical (unpaired) electrons. The van der Waals surface area contributed by atoms with Crippen LogP contribution >= 0.6 is 11.8 Å². The summed E-state index contributed by atoms with van der Waals surface area (Å²) in [5.74, 6) is -0.00346. The Labute approximate surface area is 98.2 Å². The van der Waals surface area contributed by atoms with Crippen LogP contribution in [0.5, 0.6) is 0 Å². The Bertz CT molecular complexity index is 479. The Morgan fingerprint density at radius 1 is 1.06 bits per heavy atom. The average molecular weight is 229 g/mol. The molecule has 0 fully saturated rings. The average Bonchev–Trinajstić information content (AvgIpc) is 2.31. The van der Waals surface area contributed by atoms with Crippen molar-refractivity contribution in [3.63, 3.8) is 0 Å². The van der Waals surface area contributed by atoms with Gasteiger partial charge in [0, 0.05) is 16.0 Å². The fourth-order valence-corrected chi connectivity index (χ4v) is 2.03. The summed E-state index contributed by atoms with van der Waals surface area (Å²) in [6.45, 7) is 0. The second-order valence-electron chi connectivity index (χ2n) is 3.21. The lowest BCUT2D eigenvalue weighted by Gasteiger charge is -2.02. The molecule has 16 heavy (non-hydrogen) atoms. The molecule has 0 saturated heterocycles. The topological polar surface area (TPSA) is 62.8 Å². The highest BCUT2D eigenvalue weighted by atomic mass is 32.2. The maximum atomic E-state index is 7.24. The van der Waals surface area contributed by atoms with E-state index in [1.807, 2.05) is 36.4 Å². The number of nitrogens with zero attached hydrogens (tertiary/aromatic N) is 1. The summed E-state index contributed by atoms with van der Waals surface area (Å²) in [4.78, 5) is 6.31. The summed E-state index contributed by atoms with van der Waals surface area (Å²) in [5.41, 5.74) is 5.84. The predicted molar refractivity (Wildman–Crippen MR) is 65.8 cm³/mol. The van der Waals surface area contributed by atoms with Crippen molar-refractivity contribution in [2.75, 3.05) is 0 Å². The van der Waals surface area contributed by atoms with Gasteiger partial charge in [0.25, 0.3) is 0 Å². The first-order chi connectivity index (χ1) is 7.75. The SMILES string of the molecule is N=C(N)c1ccc(Sc2ccccc2)cn1. The molecular weight excluding hydrogens is 218 g/mol. The zero-order valence-electron chi connectivity index (χ0n) is 8.55. The fourth-order valence-electron chi connectivity index (χ4n) is 1.22. The van der Waals surface area contributed by atoms with Crippen LogP contribution in [0.1, 0.15) is 5.69 Å². The number of hydrogen-bond acceptors (Lipinski definition) is 3. The normalized spacial score (nSPS) is 10.0. The molecule has 0 spiro atoms. The van der Waals surface area contributed by atoms with Gasteiger partial charge in [-0.2, -0.15) is 0 Å². The predicted octanol–water partition coefficient (Wildman–Crippen LogP) is 2.52. The maximum absolute atomic E-state index is 7.24.